The molecule has 0 radical (unpaired) electrons. The van der Waals surface area contributed by atoms with Gasteiger partial charge in [0, 0.05) is 39.3 Å². The van der Waals surface area contributed by atoms with Gasteiger partial charge >= 0.3 is 0 Å². The first kappa shape index (κ1) is 19.5. The van der Waals surface area contributed by atoms with Crippen molar-refractivity contribution in [3.8, 4) is 9.88 Å². The Morgan fingerprint density at radius 3 is 2.39 bits per heavy atom. The molecule has 6 nitrogen and oxygen atoms in total. The average molecular weight is 419 g/mol. The Morgan fingerprint density at radius 1 is 0.964 bits per heavy atom. The van der Waals surface area contributed by atoms with Gasteiger partial charge in [0.1, 0.15) is 9.88 Å². The molecule has 28 heavy (non-hydrogen) atoms. The van der Waals surface area contributed by atoms with Crippen molar-refractivity contribution >= 4 is 34.5 Å². The van der Waals surface area contributed by atoms with Crippen LogP contribution in [0.2, 0.25) is 0 Å². The van der Waals surface area contributed by atoms with Crippen molar-refractivity contribution in [1.29, 1.82) is 0 Å². The predicted molar refractivity (Wildman–Crippen MR) is 113 cm³/mol. The van der Waals surface area contributed by atoms with Crippen molar-refractivity contribution in [1.82, 2.24) is 19.7 Å². The van der Waals surface area contributed by atoms with E-state index < -0.39 is 0 Å². The number of carbonyl (C=O) groups excluding carboxylic acids is 2. The lowest BCUT2D eigenvalue weighted by Crippen LogP contribution is -2.51. The molecule has 0 atom stereocenters. The normalized spacial score (nSPS) is 18.9. The van der Waals surface area contributed by atoms with Crippen LogP contribution >= 0.6 is 22.7 Å². The molecule has 0 saturated carbocycles. The number of amides is 2. The molecule has 2 aliphatic heterocycles. The third-order valence-electron chi connectivity index (χ3n) is 5.43. The minimum atomic E-state index is 0.0544. The van der Waals surface area contributed by atoms with Crippen LogP contribution in [0.3, 0.4) is 0 Å². The molecule has 0 N–H and O–H groups in total. The molecule has 0 unspecified atom stereocenters. The smallest absolute Gasteiger partial charge is 0.265 e. The topological polar surface area (TPSA) is 56.8 Å². The number of carbonyl (C=O) groups is 2. The van der Waals surface area contributed by atoms with E-state index in [0.717, 1.165) is 48.9 Å². The van der Waals surface area contributed by atoms with E-state index in [0.29, 0.717) is 24.5 Å². The number of thiophene rings is 1. The van der Waals surface area contributed by atoms with Gasteiger partial charge in [-0.15, -0.1) is 22.7 Å². The maximum absolute atomic E-state index is 12.8. The van der Waals surface area contributed by atoms with Gasteiger partial charge in [0.15, 0.2) is 0 Å². The Bertz CT molecular complexity index is 789. The Hall–Kier alpha value is -1.77. The van der Waals surface area contributed by atoms with Crippen LogP contribution in [0.4, 0.5) is 0 Å². The third-order valence-corrected chi connectivity index (χ3v) is 7.45. The number of piperazine rings is 1. The van der Waals surface area contributed by atoms with E-state index in [1.54, 1.807) is 17.5 Å². The Labute approximate surface area is 173 Å². The zero-order valence-corrected chi connectivity index (χ0v) is 17.6. The number of likely N-dealkylation sites (tertiary alicyclic amines) is 1. The van der Waals surface area contributed by atoms with E-state index in [2.05, 4.69) is 9.88 Å². The monoisotopic (exact) mass is 418 g/mol. The lowest BCUT2D eigenvalue weighted by atomic mass is 10.2. The minimum absolute atomic E-state index is 0.0544. The highest BCUT2D eigenvalue weighted by molar-refractivity contribution is 7.21. The van der Waals surface area contributed by atoms with E-state index >= 15 is 0 Å². The maximum Gasteiger partial charge on any atom is 0.265 e. The summed E-state index contributed by atoms with van der Waals surface area (Å²) in [6.07, 6.45) is 6.40. The van der Waals surface area contributed by atoms with Crippen molar-refractivity contribution in [3.63, 3.8) is 0 Å². The van der Waals surface area contributed by atoms with Gasteiger partial charge in [0.25, 0.3) is 5.91 Å². The fraction of sp³-hybridized carbons (Fsp3) is 0.550. The number of thiazole rings is 1. The van der Waals surface area contributed by atoms with Gasteiger partial charge in [-0.1, -0.05) is 18.9 Å². The van der Waals surface area contributed by atoms with Crippen LogP contribution in [-0.4, -0.2) is 77.3 Å². The van der Waals surface area contributed by atoms with Crippen molar-refractivity contribution < 1.29 is 9.59 Å². The van der Waals surface area contributed by atoms with Crippen molar-refractivity contribution in [2.45, 2.75) is 25.7 Å². The SMILES string of the molecule is O=C(CN1CCN(C(=O)c2cnc(-c3cccs3)s2)CC1)N1CCCCCC1. The minimum Gasteiger partial charge on any atom is -0.342 e. The molecule has 150 valence electrons. The summed E-state index contributed by atoms with van der Waals surface area (Å²) in [5, 5.41) is 2.92. The Morgan fingerprint density at radius 2 is 1.71 bits per heavy atom. The molecule has 0 aromatic carbocycles. The van der Waals surface area contributed by atoms with Crippen molar-refractivity contribution in [3.05, 3.63) is 28.6 Å². The van der Waals surface area contributed by atoms with Crippen LogP contribution in [0.15, 0.2) is 23.7 Å². The second-order valence-electron chi connectivity index (χ2n) is 7.37. The third kappa shape index (κ3) is 4.61. The summed E-state index contributed by atoms with van der Waals surface area (Å²) in [4.78, 5) is 37.7. The van der Waals surface area contributed by atoms with Crippen LogP contribution in [-0.2, 0) is 4.79 Å². The molecule has 2 fully saturated rings. The van der Waals surface area contributed by atoms with Gasteiger partial charge in [-0.25, -0.2) is 4.98 Å². The summed E-state index contributed by atoms with van der Waals surface area (Å²) in [7, 11) is 0. The van der Waals surface area contributed by atoms with Crippen LogP contribution in [0, 0.1) is 0 Å². The van der Waals surface area contributed by atoms with E-state index in [4.69, 9.17) is 0 Å². The summed E-state index contributed by atoms with van der Waals surface area (Å²) in [6.45, 7) is 5.11. The maximum atomic E-state index is 12.8. The zero-order chi connectivity index (χ0) is 19.3. The van der Waals surface area contributed by atoms with Crippen LogP contribution in [0.5, 0.6) is 0 Å². The fourth-order valence-corrected chi connectivity index (χ4v) is 5.45. The van der Waals surface area contributed by atoms with Crippen LogP contribution in [0.25, 0.3) is 9.88 Å². The lowest BCUT2D eigenvalue weighted by Gasteiger charge is -2.35. The molecule has 2 aromatic rings. The molecule has 8 heteroatoms. The van der Waals surface area contributed by atoms with Gasteiger partial charge in [-0.3, -0.25) is 14.5 Å². The van der Waals surface area contributed by atoms with Gasteiger partial charge in [-0.2, -0.15) is 0 Å². The van der Waals surface area contributed by atoms with Gasteiger partial charge in [-0.05, 0) is 24.3 Å². The Balaban J connectivity index is 1.28. The molecule has 0 spiro atoms. The van der Waals surface area contributed by atoms with Crippen molar-refractivity contribution in [2.24, 2.45) is 0 Å². The molecule has 0 bridgehead atoms. The van der Waals surface area contributed by atoms with Gasteiger partial charge < -0.3 is 9.80 Å². The highest BCUT2D eigenvalue weighted by Gasteiger charge is 2.26. The molecule has 2 aromatic heterocycles. The highest BCUT2D eigenvalue weighted by atomic mass is 32.1. The van der Waals surface area contributed by atoms with Gasteiger partial charge in [0.05, 0.1) is 17.6 Å². The average Bonchev–Trinajstić information content (AvgIpc) is 3.34. The molecule has 0 aliphatic carbocycles. The lowest BCUT2D eigenvalue weighted by molar-refractivity contribution is -0.132. The summed E-state index contributed by atoms with van der Waals surface area (Å²) < 4.78 is 0. The molecule has 2 saturated heterocycles. The molecule has 4 rings (SSSR count). The second kappa shape index (κ2) is 9.15. The second-order valence-corrected chi connectivity index (χ2v) is 9.35. The van der Waals surface area contributed by atoms with E-state index in [1.807, 2.05) is 27.3 Å². The predicted octanol–water partition coefficient (Wildman–Crippen LogP) is 3.03. The number of aromatic nitrogens is 1. The first-order valence-electron chi connectivity index (χ1n) is 10.00. The molecular weight excluding hydrogens is 392 g/mol. The van der Waals surface area contributed by atoms with Gasteiger partial charge in [0.2, 0.25) is 5.91 Å². The largest absolute Gasteiger partial charge is 0.342 e. The van der Waals surface area contributed by atoms with E-state index in [9.17, 15) is 9.59 Å². The van der Waals surface area contributed by atoms with E-state index in [1.165, 1.54) is 24.2 Å². The summed E-state index contributed by atoms with van der Waals surface area (Å²) >= 11 is 3.09. The molecular formula is C20H26N4O2S2. The number of hydrogen-bond acceptors (Lipinski definition) is 6. The number of rotatable bonds is 4. The Kier molecular flexibility index (Phi) is 6.39. The molecule has 2 amide bonds. The molecule has 2 aliphatic rings. The summed E-state index contributed by atoms with van der Waals surface area (Å²) in [5.41, 5.74) is 0. The standard InChI is InChI=1S/C20H26N4O2S2/c25-18(23-7-3-1-2-4-8-23)15-22-9-11-24(12-10-22)20(26)17-14-21-19(28-17)16-6-5-13-27-16/h5-6,13-14H,1-4,7-12,15H2. The first-order valence-corrected chi connectivity index (χ1v) is 11.7. The first-order chi connectivity index (χ1) is 13.7. The summed E-state index contributed by atoms with van der Waals surface area (Å²) in [5.74, 6) is 0.295. The van der Waals surface area contributed by atoms with Crippen molar-refractivity contribution in [2.75, 3.05) is 45.8 Å². The quantitative estimate of drug-likeness (QED) is 0.766. The highest BCUT2D eigenvalue weighted by Crippen LogP contribution is 2.29. The summed E-state index contributed by atoms with van der Waals surface area (Å²) in [6, 6.07) is 4.02. The number of nitrogens with zero attached hydrogens (tertiary/aromatic N) is 4. The fourth-order valence-electron chi connectivity index (χ4n) is 3.76. The van der Waals surface area contributed by atoms with Crippen LogP contribution < -0.4 is 0 Å². The van der Waals surface area contributed by atoms with Crippen LogP contribution in [0.1, 0.15) is 35.4 Å². The van der Waals surface area contributed by atoms with E-state index in [-0.39, 0.29) is 11.8 Å². The number of hydrogen-bond donors (Lipinski definition) is 0. The zero-order valence-electron chi connectivity index (χ0n) is 16.0. The molecule has 4 heterocycles.